The summed E-state index contributed by atoms with van der Waals surface area (Å²) in [5.41, 5.74) is 1.25. The predicted octanol–water partition coefficient (Wildman–Crippen LogP) is 2.62. The van der Waals surface area contributed by atoms with E-state index in [9.17, 15) is 9.59 Å². The molecule has 2 bridgehead atoms. The van der Waals surface area contributed by atoms with Gasteiger partial charge in [-0.1, -0.05) is 37.6 Å². The average molecular weight is 341 g/mol. The molecular weight excluding hydrogens is 318 g/mol. The normalized spacial score (nSPS) is 32.3. The van der Waals surface area contributed by atoms with Gasteiger partial charge in [0.1, 0.15) is 11.5 Å². The highest BCUT2D eigenvalue weighted by molar-refractivity contribution is 6.02. The van der Waals surface area contributed by atoms with Gasteiger partial charge in [-0.2, -0.15) is 0 Å². The second-order valence-corrected chi connectivity index (χ2v) is 7.18. The van der Waals surface area contributed by atoms with Crippen molar-refractivity contribution in [3.8, 4) is 0 Å². The fourth-order valence-corrected chi connectivity index (χ4v) is 4.20. The fourth-order valence-electron chi connectivity index (χ4n) is 4.20. The van der Waals surface area contributed by atoms with E-state index in [1.54, 1.807) is 4.90 Å². The van der Waals surface area contributed by atoms with Crippen LogP contribution < -0.4 is 4.90 Å². The average Bonchev–Trinajstić information content (AvgIpc) is 3.23. The van der Waals surface area contributed by atoms with Crippen molar-refractivity contribution in [3.63, 3.8) is 0 Å². The van der Waals surface area contributed by atoms with E-state index < -0.39 is 17.4 Å². The lowest BCUT2D eigenvalue weighted by atomic mass is 9.77. The van der Waals surface area contributed by atoms with Crippen LogP contribution in [-0.4, -0.2) is 36.7 Å². The lowest BCUT2D eigenvalue weighted by Gasteiger charge is -2.22. The number of fused-ring (bicyclic) bond motifs is 1. The van der Waals surface area contributed by atoms with Gasteiger partial charge in [-0.05, 0) is 31.0 Å². The number of hydrogen-bond donors (Lipinski definition) is 0. The Morgan fingerprint density at radius 2 is 2.28 bits per heavy atom. The highest BCUT2D eigenvalue weighted by Crippen LogP contribution is 2.52. The van der Waals surface area contributed by atoms with Crippen molar-refractivity contribution in [3.05, 3.63) is 42.0 Å². The van der Waals surface area contributed by atoms with Crippen LogP contribution in [0.3, 0.4) is 0 Å². The van der Waals surface area contributed by atoms with Crippen LogP contribution in [0.1, 0.15) is 25.3 Å². The Morgan fingerprint density at radius 1 is 1.44 bits per heavy atom. The summed E-state index contributed by atoms with van der Waals surface area (Å²) in [6.45, 7) is 4.90. The van der Waals surface area contributed by atoms with Crippen molar-refractivity contribution in [2.75, 3.05) is 18.1 Å². The second-order valence-electron chi connectivity index (χ2n) is 7.18. The molecule has 25 heavy (non-hydrogen) atoms. The van der Waals surface area contributed by atoms with E-state index in [0.717, 1.165) is 24.1 Å². The lowest BCUT2D eigenvalue weighted by Crippen LogP contribution is -2.40. The van der Waals surface area contributed by atoms with Crippen molar-refractivity contribution >= 4 is 17.6 Å². The number of carbonyl (C=O) groups is 2. The third-order valence-corrected chi connectivity index (χ3v) is 5.43. The standard InChI is InChI=1S/C20H23NO4/c1-3-4-10-24-19(23)16-15-8-9-20(25-15)12-21(18(22)17(16)20)14-7-5-6-13(2)11-14/h5-9,11,15-17H,3-4,10,12H2,1-2H3/t15-,16?,17-,20?/m0/s1. The smallest absolute Gasteiger partial charge is 0.312 e. The zero-order valence-electron chi connectivity index (χ0n) is 14.6. The van der Waals surface area contributed by atoms with Gasteiger partial charge in [-0.3, -0.25) is 9.59 Å². The number of esters is 1. The van der Waals surface area contributed by atoms with E-state index in [4.69, 9.17) is 9.47 Å². The molecule has 3 heterocycles. The zero-order valence-corrected chi connectivity index (χ0v) is 14.6. The molecule has 0 radical (unpaired) electrons. The summed E-state index contributed by atoms with van der Waals surface area (Å²) in [7, 11) is 0. The maximum Gasteiger partial charge on any atom is 0.312 e. The first-order chi connectivity index (χ1) is 12.1. The molecule has 3 aliphatic heterocycles. The van der Waals surface area contributed by atoms with Crippen LogP contribution in [0.5, 0.6) is 0 Å². The predicted molar refractivity (Wildman–Crippen MR) is 93.1 cm³/mol. The van der Waals surface area contributed by atoms with E-state index >= 15 is 0 Å². The Morgan fingerprint density at radius 3 is 3.04 bits per heavy atom. The summed E-state index contributed by atoms with van der Waals surface area (Å²) in [6.07, 6.45) is 5.33. The molecule has 1 amide bonds. The third kappa shape index (κ3) is 2.49. The molecule has 0 aliphatic carbocycles. The Kier molecular flexibility index (Phi) is 3.91. The van der Waals surface area contributed by atoms with Gasteiger partial charge in [0.2, 0.25) is 5.91 Å². The van der Waals surface area contributed by atoms with Gasteiger partial charge in [0.25, 0.3) is 0 Å². The highest BCUT2D eigenvalue weighted by Gasteiger charge is 2.67. The van der Waals surface area contributed by atoms with Crippen LogP contribution >= 0.6 is 0 Å². The maximum atomic E-state index is 13.1. The van der Waals surface area contributed by atoms with Crippen LogP contribution in [0.4, 0.5) is 5.69 Å². The molecule has 0 saturated carbocycles. The van der Waals surface area contributed by atoms with E-state index in [1.165, 1.54) is 0 Å². The maximum absolute atomic E-state index is 13.1. The summed E-state index contributed by atoms with van der Waals surface area (Å²) in [5.74, 6) is -1.38. The van der Waals surface area contributed by atoms with Crippen LogP contribution in [0, 0.1) is 18.8 Å². The number of carbonyl (C=O) groups excluding carboxylic acids is 2. The number of hydrogen-bond acceptors (Lipinski definition) is 4. The minimum absolute atomic E-state index is 0.0464. The topological polar surface area (TPSA) is 55.8 Å². The van der Waals surface area contributed by atoms with Crippen LogP contribution in [-0.2, 0) is 19.1 Å². The number of aryl methyl sites for hydroxylation is 1. The SMILES string of the molecule is CCCCOC(=O)C1[C@@H]2C=CC3(CN(c4cccc(C)c4)C(=O)[C@H]13)O2. The monoisotopic (exact) mass is 341 g/mol. The summed E-state index contributed by atoms with van der Waals surface area (Å²) in [5, 5.41) is 0. The Balaban J connectivity index is 1.60. The van der Waals surface area contributed by atoms with Gasteiger partial charge >= 0.3 is 5.97 Å². The van der Waals surface area contributed by atoms with Crippen LogP contribution in [0.25, 0.3) is 0 Å². The molecule has 1 spiro atoms. The molecule has 0 aromatic heterocycles. The summed E-state index contributed by atoms with van der Waals surface area (Å²) in [4.78, 5) is 27.5. The number of nitrogens with zero attached hydrogens (tertiary/aromatic N) is 1. The number of unbranched alkanes of at least 4 members (excludes halogenated alkanes) is 1. The molecular formula is C20H23NO4. The molecule has 4 rings (SSSR count). The minimum Gasteiger partial charge on any atom is -0.465 e. The van der Waals surface area contributed by atoms with Gasteiger partial charge in [0.05, 0.1) is 25.2 Å². The van der Waals surface area contributed by atoms with Gasteiger partial charge in [-0.15, -0.1) is 0 Å². The van der Waals surface area contributed by atoms with Crippen molar-refractivity contribution < 1.29 is 19.1 Å². The van der Waals surface area contributed by atoms with E-state index in [2.05, 4.69) is 0 Å². The van der Waals surface area contributed by atoms with Gasteiger partial charge in [-0.25, -0.2) is 0 Å². The number of benzene rings is 1. The number of anilines is 1. The lowest BCUT2D eigenvalue weighted by molar-refractivity contribution is -0.152. The van der Waals surface area contributed by atoms with Crippen molar-refractivity contribution in [1.29, 1.82) is 0 Å². The van der Waals surface area contributed by atoms with Gasteiger partial charge < -0.3 is 14.4 Å². The highest BCUT2D eigenvalue weighted by atomic mass is 16.6. The molecule has 0 N–H and O–H groups in total. The first kappa shape index (κ1) is 16.3. The van der Waals surface area contributed by atoms with Crippen LogP contribution in [0.15, 0.2) is 36.4 Å². The first-order valence-electron chi connectivity index (χ1n) is 8.97. The second kappa shape index (κ2) is 5.99. The van der Waals surface area contributed by atoms with Crippen molar-refractivity contribution in [1.82, 2.24) is 0 Å². The number of ether oxygens (including phenoxy) is 2. The quantitative estimate of drug-likeness (QED) is 0.469. The Hall–Kier alpha value is -2.14. The molecule has 3 aliphatic rings. The fraction of sp³-hybridized carbons (Fsp3) is 0.500. The first-order valence-corrected chi connectivity index (χ1v) is 8.97. The summed E-state index contributed by atoms with van der Waals surface area (Å²) in [6, 6.07) is 7.85. The Labute approximate surface area is 147 Å². The largest absolute Gasteiger partial charge is 0.465 e. The molecule has 5 nitrogen and oxygen atoms in total. The van der Waals surface area contributed by atoms with Gasteiger partial charge in [0.15, 0.2) is 0 Å². The van der Waals surface area contributed by atoms with Gasteiger partial charge in [0, 0.05) is 5.69 Å². The molecule has 2 fully saturated rings. The van der Waals surface area contributed by atoms with E-state index in [-0.39, 0.29) is 18.0 Å². The number of amides is 1. The molecule has 5 heteroatoms. The molecule has 132 valence electrons. The van der Waals surface area contributed by atoms with Crippen molar-refractivity contribution in [2.45, 2.75) is 38.4 Å². The van der Waals surface area contributed by atoms with Crippen molar-refractivity contribution in [2.24, 2.45) is 11.8 Å². The molecule has 1 aromatic rings. The molecule has 4 atom stereocenters. The van der Waals surface area contributed by atoms with E-state index in [1.807, 2.05) is 50.3 Å². The third-order valence-electron chi connectivity index (χ3n) is 5.43. The summed E-state index contributed by atoms with van der Waals surface area (Å²) >= 11 is 0. The number of rotatable bonds is 5. The van der Waals surface area contributed by atoms with E-state index in [0.29, 0.717) is 13.2 Å². The Bertz CT molecular complexity index is 743. The zero-order chi connectivity index (χ0) is 17.6. The molecule has 2 unspecified atom stereocenters. The molecule has 2 saturated heterocycles. The molecule has 1 aromatic carbocycles. The van der Waals surface area contributed by atoms with Crippen LogP contribution in [0.2, 0.25) is 0 Å². The minimum atomic E-state index is -0.695. The summed E-state index contributed by atoms with van der Waals surface area (Å²) < 4.78 is 11.5.